The number of aryl methyl sites for hydroxylation is 1. The number of pyridine rings is 1. The van der Waals surface area contributed by atoms with E-state index in [2.05, 4.69) is 15.2 Å². The predicted octanol–water partition coefficient (Wildman–Crippen LogP) is 6.45. The van der Waals surface area contributed by atoms with Crippen LogP contribution in [0.4, 0.5) is 16.3 Å². The van der Waals surface area contributed by atoms with Crippen molar-refractivity contribution < 1.29 is 14.3 Å². The molecule has 4 rings (SSSR count). The van der Waals surface area contributed by atoms with E-state index < -0.39 is 6.09 Å². The molecule has 0 atom stereocenters. The average molecular weight is 446 g/mol. The second-order valence-electron chi connectivity index (χ2n) is 8.25. The van der Waals surface area contributed by atoms with Gasteiger partial charge in [0.25, 0.3) is 0 Å². The Morgan fingerprint density at radius 2 is 1.70 bits per heavy atom. The van der Waals surface area contributed by atoms with Crippen LogP contribution in [0.1, 0.15) is 38.2 Å². The monoisotopic (exact) mass is 445 g/mol. The van der Waals surface area contributed by atoms with Crippen LogP contribution in [0, 0.1) is 6.92 Å². The van der Waals surface area contributed by atoms with Gasteiger partial charge in [0.1, 0.15) is 17.3 Å². The van der Waals surface area contributed by atoms with Crippen molar-refractivity contribution in [3.05, 3.63) is 66.4 Å². The number of anilines is 2. The highest BCUT2D eigenvalue weighted by molar-refractivity contribution is 5.86. The molecular formula is C27H31N3O3. The zero-order chi connectivity index (χ0) is 23.0. The van der Waals surface area contributed by atoms with E-state index in [1.54, 1.807) is 12.3 Å². The van der Waals surface area contributed by atoms with Crippen LogP contribution in [-0.4, -0.2) is 30.8 Å². The molecule has 1 aliphatic rings. The largest absolute Gasteiger partial charge is 0.494 e. The zero-order valence-electron chi connectivity index (χ0n) is 19.3. The van der Waals surface area contributed by atoms with Gasteiger partial charge in [0.05, 0.1) is 18.5 Å². The van der Waals surface area contributed by atoms with Gasteiger partial charge in [-0.1, -0.05) is 31.0 Å². The number of ether oxygens (including phenoxy) is 2. The van der Waals surface area contributed by atoms with Gasteiger partial charge in [-0.05, 0) is 79.8 Å². The van der Waals surface area contributed by atoms with E-state index in [0.29, 0.717) is 18.0 Å². The Balaban J connectivity index is 1.39. The van der Waals surface area contributed by atoms with E-state index in [-0.39, 0.29) is 0 Å². The molecule has 1 N–H and O–H groups in total. The van der Waals surface area contributed by atoms with Crippen LogP contribution < -0.4 is 19.7 Å². The number of carbonyl (C=O) groups is 1. The summed E-state index contributed by atoms with van der Waals surface area (Å²) in [5, 5.41) is 2.77. The maximum atomic E-state index is 12.5. The smallest absolute Gasteiger partial charge is 0.417 e. The highest BCUT2D eigenvalue weighted by Crippen LogP contribution is 2.29. The minimum absolute atomic E-state index is 0.483. The Bertz CT molecular complexity index is 1060. The fraction of sp³-hybridized carbons (Fsp3) is 0.333. The van der Waals surface area contributed by atoms with Gasteiger partial charge in [-0.3, -0.25) is 5.32 Å². The number of carbonyl (C=O) groups excluding carboxylic acids is 1. The summed E-state index contributed by atoms with van der Waals surface area (Å²) in [6.07, 6.45) is 6.09. The van der Waals surface area contributed by atoms with Gasteiger partial charge in [0.2, 0.25) is 0 Å². The first-order valence-corrected chi connectivity index (χ1v) is 11.7. The fourth-order valence-electron chi connectivity index (χ4n) is 4.07. The number of rotatable bonds is 6. The van der Waals surface area contributed by atoms with Crippen molar-refractivity contribution in [3.63, 3.8) is 0 Å². The Labute approximate surface area is 195 Å². The van der Waals surface area contributed by atoms with Gasteiger partial charge in [0, 0.05) is 13.1 Å². The van der Waals surface area contributed by atoms with Crippen LogP contribution >= 0.6 is 0 Å². The second-order valence-corrected chi connectivity index (χ2v) is 8.25. The van der Waals surface area contributed by atoms with Crippen LogP contribution in [0.2, 0.25) is 0 Å². The maximum absolute atomic E-state index is 12.5. The van der Waals surface area contributed by atoms with Gasteiger partial charge in [-0.25, -0.2) is 9.78 Å². The third-order valence-electron chi connectivity index (χ3n) is 5.82. The Kier molecular flexibility index (Phi) is 7.45. The molecule has 0 bridgehead atoms. The summed E-state index contributed by atoms with van der Waals surface area (Å²) >= 11 is 0. The molecule has 1 fully saturated rings. The molecule has 0 spiro atoms. The van der Waals surface area contributed by atoms with Crippen LogP contribution in [0.3, 0.4) is 0 Å². The first-order valence-electron chi connectivity index (χ1n) is 11.7. The highest BCUT2D eigenvalue weighted by atomic mass is 16.6. The molecule has 1 aliphatic heterocycles. The molecule has 33 heavy (non-hydrogen) atoms. The lowest BCUT2D eigenvalue weighted by atomic mass is 10.0. The normalized spacial score (nSPS) is 13.8. The number of hydrogen-bond donors (Lipinski definition) is 1. The first kappa shape index (κ1) is 22.6. The number of amides is 1. The van der Waals surface area contributed by atoms with Crippen molar-refractivity contribution in [1.29, 1.82) is 0 Å². The van der Waals surface area contributed by atoms with Crippen molar-refractivity contribution in [2.75, 3.05) is 29.9 Å². The Hall–Kier alpha value is -3.54. The topological polar surface area (TPSA) is 63.7 Å². The number of hydrogen-bond acceptors (Lipinski definition) is 5. The molecule has 6 heteroatoms. The number of benzene rings is 2. The summed E-state index contributed by atoms with van der Waals surface area (Å²) in [7, 11) is 0. The molecule has 0 aliphatic carbocycles. The molecule has 3 aromatic rings. The van der Waals surface area contributed by atoms with Crippen LogP contribution in [0.5, 0.6) is 11.5 Å². The van der Waals surface area contributed by atoms with Crippen molar-refractivity contribution >= 4 is 17.6 Å². The third kappa shape index (κ3) is 6.04. The zero-order valence-corrected chi connectivity index (χ0v) is 19.3. The lowest BCUT2D eigenvalue weighted by Crippen LogP contribution is -2.25. The highest BCUT2D eigenvalue weighted by Gasteiger charge is 2.12. The standard InChI is InChI=1S/C27H31N3O3/c1-3-32-23-13-9-21(10-14-23)25-18-24(12-8-20(25)2)33-27(31)29-22-11-15-26(28-19-22)30-16-6-4-5-7-17-30/h8-15,18-19H,3-7,16-17H2,1-2H3,(H,29,31). The number of nitrogens with zero attached hydrogens (tertiary/aromatic N) is 2. The van der Waals surface area contributed by atoms with E-state index in [1.165, 1.54) is 25.7 Å². The summed E-state index contributed by atoms with van der Waals surface area (Å²) in [5.41, 5.74) is 3.75. The van der Waals surface area contributed by atoms with Gasteiger partial charge in [-0.2, -0.15) is 0 Å². The van der Waals surface area contributed by atoms with Crippen LogP contribution in [-0.2, 0) is 0 Å². The molecule has 0 saturated carbocycles. The second kappa shape index (κ2) is 10.9. The minimum atomic E-state index is -0.541. The van der Waals surface area contributed by atoms with E-state index in [1.807, 2.05) is 62.4 Å². The summed E-state index contributed by atoms with van der Waals surface area (Å²) in [6, 6.07) is 17.4. The summed E-state index contributed by atoms with van der Waals surface area (Å²) in [6.45, 7) is 6.70. The fourth-order valence-corrected chi connectivity index (χ4v) is 4.07. The Morgan fingerprint density at radius 1 is 0.970 bits per heavy atom. The number of nitrogens with one attached hydrogen (secondary N) is 1. The summed E-state index contributed by atoms with van der Waals surface area (Å²) < 4.78 is 11.1. The van der Waals surface area contributed by atoms with Crippen LogP contribution in [0.15, 0.2) is 60.8 Å². The van der Waals surface area contributed by atoms with E-state index >= 15 is 0 Å². The maximum Gasteiger partial charge on any atom is 0.417 e. The lowest BCUT2D eigenvalue weighted by molar-refractivity contribution is 0.215. The van der Waals surface area contributed by atoms with Crippen molar-refractivity contribution in [2.24, 2.45) is 0 Å². The van der Waals surface area contributed by atoms with Crippen molar-refractivity contribution in [1.82, 2.24) is 4.98 Å². The number of aromatic nitrogens is 1. The predicted molar refractivity (Wildman–Crippen MR) is 132 cm³/mol. The molecular weight excluding hydrogens is 414 g/mol. The Morgan fingerprint density at radius 3 is 2.36 bits per heavy atom. The summed E-state index contributed by atoms with van der Waals surface area (Å²) in [5.74, 6) is 2.27. The van der Waals surface area contributed by atoms with Crippen LogP contribution in [0.25, 0.3) is 11.1 Å². The molecule has 172 valence electrons. The average Bonchev–Trinajstić information content (AvgIpc) is 3.11. The van der Waals surface area contributed by atoms with Gasteiger partial charge < -0.3 is 14.4 Å². The van der Waals surface area contributed by atoms with Gasteiger partial charge >= 0.3 is 6.09 Å². The third-order valence-corrected chi connectivity index (χ3v) is 5.82. The molecule has 2 heterocycles. The van der Waals surface area contributed by atoms with Gasteiger partial charge in [0.15, 0.2) is 0 Å². The first-order chi connectivity index (χ1) is 16.1. The SMILES string of the molecule is CCOc1ccc(-c2cc(OC(=O)Nc3ccc(N4CCCCCC4)nc3)ccc2C)cc1. The van der Waals surface area contributed by atoms with Crippen molar-refractivity contribution in [2.45, 2.75) is 39.5 Å². The molecule has 2 aromatic carbocycles. The molecule has 1 saturated heterocycles. The molecule has 1 amide bonds. The van der Waals surface area contributed by atoms with Crippen molar-refractivity contribution in [3.8, 4) is 22.6 Å². The summed E-state index contributed by atoms with van der Waals surface area (Å²) in [4.78, 5) is 19.3. The quantitative estimate of drug-likeness (QED) is 0.472. The minimum Gasteiger partial charge on any atom is -0.494 e. The molecule has 0 radical (unpaired) electrons. The molecule has 0 unspecified atom stereocenters. The molecule has 1 aromatic heterocycles. The molecule has 6 nitrogen and oxygen atoms in total. The van der Waals surface area contributed by atoms with E-state index in [4.69, 9.17) is 9.47 Å². The lowest BCUT2D eigenvalue weighted by Gasteiger charge is -2.21. The van der Waals surface area contributed by atoms with E-state index in [9.17, 15) is 4.79 Å². The van der Waals surface area contributed by atoms with E-state index in [0.717, 1.165) is 41.3 Å². The van der Waals surface area contributed by atoms with Gasteiger partial charge in [-0.15, -0.1) is 0 Å².